The van der Waals surface area contributed by atoms with Crippen LogP contribution in [-0.2, 0) is 0 Å². The van der Waals surface area contributed by atoms with Crippen LogP contribution in [0.15, 0.2) is 42.6 Å². The van der Waals surface area contributed by atoms with Crippen molar-refractivity contribution in [3.8, 4) is 6.07 Å². The Kier molecular flexibility index (Phi) is 3.05. The molecule has 1 atom stereocenters. The van der Waals surface area contributed by atoms with E-state index in [1.165, 1.54) is 0 Å². The van der Waals surface area contributed by atoms with E-state index in [1.807, 2.05) is 37.3 Å². The summed E-state index contributed by atoms with van der Waals surface area (Å²) in [7, 11) is 0. The van der Waals surface area contributed by atoms with Gasteiger partial charge in [-0.3, -0.25) is 0 Å². The predicted octanol–water partition coefficient (Wildman–Crippen LogP) is 3.00. The summed E-state index contributed by atoms with van der Waals surface area (Å²) in [6.45, 7) is 2.01. The molecule has 1 unspecified atom stereocenters. The van der Waals surface area contributed by atoms with E-state index < -0.39 is 0 Å². The summed E-state index contributed by atoms with van der Waals surface area (Å²) in [6, 6.07) is 13.5. The third kappa shape index (κ3) is 2.31. The fourth-order valence-corrected chi connectivity index (χ4v) is 2.01. The topological polar surface area (TPSA) is 77.4 Å². The van der Waals surface area contributed by atoms with Crippen LogP contribution in [-0.4, -0.2) is 15.0 Å². The number of imidazole rings is 1. The highest BCUT2D eigenvalue weighted by atomic mass is 15.1. The minimum atomic E-state index is 0.00263. The summed E-state index contributed by atoms with van der Waals surface area (Å²) in [5.74, 6) is 1.58. The fourth-order valence-electron chi connectivity index (χ4n) is 2.01. The van der Waals surface area contributed by atoms with E-state index in [2.05, 4.69) is 20.3 Å². The zero-order valence-electron chi connectivity index (χ0n) is 11.0. The number of fused-ring (bicyclic) bond motifs is 1. The molecule has 0 saturated heterocycles. The third-order valence-corrected chi connectivity index (χ3v) is 3.07. The number of hydrogen-bond donors (Lipinski definition) is 2. The van der Waals surface area contributed by atoms with Gasteiger partial charge in [0.15, 0.2) is 0 Å². The first-order valence-corrected chi connectivity index (χ1v) is 6.33. The fraction of sp³-hybridized carbons (Fsp3) is 0.133. The summed E-state index contributed by atoms with van der Waals surface area (Å²) in [6.07, 6.45) is 1.55. The number of nitriles is 1. The van der Waals surface area contributed by atoms with Gasteiger partial charge in [-0.25, -0.2) is 9.97 Å². The lowest BCUT2D eigenvalue weighted by atomic mass is 10.3. The number of nitrogens with zero attached hydrogens (tertiary/aromatic N) is 3. The Bertz CT molecular complexity index is 734. The molecule has 3 rings (SSSR count). The van der Waals surface area contributed by atoms with E-state index in [4.69, 9.17) is 5.26 Å². The van der Waals surface area contributed by atoms with Crippen molar-refractivity contribution in [3.05, 3.63) is 54.0 Å². The summed E-state index contributed by atoms with van der Waals surface area (Å²) in [4.78, 5) is 12.0. The van der Waals surface area contributed by atoms with E-state index in [1.54, 1.807) is 18.3 Å². The lowest BCUT2D eigenvalue weighted by Crippen LogP contribution is -2.09. The number of rotatable bonds is 3. The Morgan fingerprint density at radius 3 is 2.80 bits per heavy atom. The zero-order chi connectivity index (χ0) is 13.9. The maximum atomic E-state index is 8.74. The van der Waals surface area contributed by atoms with Crippen molar-refractivity contribution < 1.29 is 0 Å². The lowest BCUT2D eigenvalue weighted by Gasteiger charge is -2.11. The van der Waals surface area contributed by atoms with Crippen molar-refractivity contribution in [2.24, 2.45) is 0 Å². The molecule has 3 aromatic rings. The molecule has 0 bridgehead atoms. The maximum Gasteiger partial charge on any atom is 0.129 e. The first-order valence-electron chi connectivity index (χ1n) is 6.33. The molecule has 0 aliphatic carbocycles. The Morgan fingerprint density at radius 2 is 2.10 bits per heavy atom. The van der Waals surface area contributed by atoms with Gasteiger partial charge in [0.05, 0.1) is 22.6 Å². The molecule has 0 aliphatic rings. The Morgan fingerprint density at radius 1 is 1.25 bits per heavy atom. The smallest absolute Gasteiger partial charge is 0.129 e. The van der Waals surface area contributed by atoms with Gasteiger partial charge in [0.1, 0.15) is 17.7 Å². The molecular formula is C15H13N5. The van der Waals surface area contributed by atoms with Gasteiger partial charge in [0.25, 0.3) is 0 Å². The standard InChI is InChI=1S/C15H13N5/c1-10(18-14-7-6-11(8-16)9-17-14)15-19-12-4-2-3-5-13(12)20-15/h2-7,9-10H,1H3,(H,17,18)(H,19,20). The molecule has 0 fully saturated rings. The monoisotopic (exact) mass is 263 g/mol. The van der Waals surface area contributed by atoms with Crippen molar-refractivity contribution in [2.45, 2.75) is 13.0 Å². The van der Waals surface area contributed by atoms with Gasteiger partial charge < -0.3 is 10.3 Å². The summed E-state index contributed by atoms with van der Waals surface area (Å²) in [5, 5.41) is 12.0. The molecular weight excluding hydrogens is 250 g/mol. The molecule has 98 valence electrons. The number of hydrogen-bond acceptors (Lipinski definition) is 4. The van der Waals surface area contributed by atoms with Crippen molar-refractivity contribution >= 4 is 16.9 Å². The molecule has 20 heavy (non-hydrogen) atoms. The van der Waals surface area contributed by atoms with Gasteiger partial charge in [-0.15, -0.1) is 0 Å². The molecule has 5 nitrogen and oxygen atoms in total. The molecule has 0 radical (unpaired) electrons. The van der Waals surface area contributed by atoms with Gasteiger partial charge in [-0.05, 0) is 31.2 Å². The Balaban J connectivity index is 1.81. The van der Waals surface area contributed by atoms with Crippen LogP contribution >= 0.6 is 0 Å². The molecule has 2 heterocycles. The number of pyridine rings is 1. The first kappa shape index (κ1) is 12.2. The molecule has 5 heteroatoms. The van der Waals surface area contributed by atoms with Crippen molar-refractivity contribution in [3.63, 3.8) is 0 Å². The summed E-state index contributed by atoms with van der Waals surface area (Å²) >= 11 is 0. The number of aromatic nitrogens is 3. The minimum absolute atomic E-state index is 0.00263. The van der Waals surface area contributed by atoms with Gasteiger partial charge in [0, 0.05) is 6.20 Å². The maximum absolute atomic E-state index is 8.74. The summed E-state index contributed by atoms with van der Waals surface area (Å²) in [5.41, 5.74) is 2.51. The lowest BCUT2D eigenvalue weighted by molar-refractivity contribution is 0.808. The van der Waals surface area contributed by atoms with Crippen LogP contribution in [0.2, 0.25) is 0 Å². The van der Waals surface area contributed by atoms with Gasteiger partial charge >= 0.3 is 0 Å². The average Bonchev–Trinajstić information content (AvgIpc) is 2.92. The van der Waals surface area contributed by atoms with Gasteiger partial charge in [0.2, 0.25) is 0 Å². The van der Waals surface area contributed by atoms with E-state index in [0.29, 0.717) is 5.56 Å². The van der Waals surface area contributed by atoms with E-state index in [0.717, 1.165) is 22.7 Å². The number of aromatic amines is 1. The Labute approximate surface area is 116 Å². The van der Waals surface area contributed by atoms with E-state index in [-0.39, 0.29) is 6.04 Å². The van der Waals surface area contributed by atoms with Crippen LogP contribution in [0.25, 0.3) is 11.0 Å². The third-order valence-electron chi connectivity index (χ3n) is 3.07. The van der Waals surface area contributed by atoms with Crippen LogP contribution < -0.4 is 5.32 Å². The highest BCUT2D eigenvalue weighted by Gasteiger charge is 2.10. The molecule has 0 amide bonds. The minimum Gasteiger partial charge on any atom is -0.360 e. The normalized spacial score (nSPS) is 12.0. The number of anilines is 1. The number of H-pyrrole nitrogens is 1. The first-order chi connectivity index (χ1) is 9.76. The second-order valence-electron chi connectivity index (χ2n) is 4.55. The average molecular weight is 263 g/mol. The molecule has 1 aromatic carbocycles. The van der Waals surface area contributed by atoms with Crippen LogP contribution in [0.4, 0.5) is 5.82 Å². The molecule has 0 spiro atoms. The van der Waals surface area contributed by atoms with Crippen molar-refractivity contribution in [2.75, 3.05) is 5.32 Å². The molecule has 2 N–H and O–H groups in total. The molecule has 0 aliphatic heterocycles. The quantitative estimate of drug-likeness (QED) is 0.761. The van der Waals surface area contributed by atoms with Gasteiger partial charge in [-0.1, -0.05) is 12.1 Å². The zero-order valence-corrected chi connectivity index (χ0v) is 11.0. The van der Waals surface area contributed by atoms with Crippen LogP contribution in [0.3, 0.4) is 0 Å². The second kappa shape index (κ2) is 5.02. The Hall–Kier alpha value is -2.87. The highest BCUT2D eigenvalue weighted by molar-refractivity contribution is 5.74. The highest BCUT2D eigenvalue weighted by Crippen LogP contribution is 2.18. The number of para-hydroxylation sites is 2. The van der Waals surface area contributed by atoms with Crippen molar-refractivity contribution in [1.29, 1.82) is 5.26 Å². The van der Waals surface area contributed by atoms with Crippen LogP contribution in [0.1, 0.15) is 24.4 Å². The largest absolute Gasteiger partial charge is 0.360 e. The molecule has 2 aromatic heterocycles. The van der Waals surface area contributed by atoms with E-state index >= 15 is 0 Å². The summed E-state index contributed by atoms with van der Waals surface area (Å²) < 4.78 is 0. The van der Waals surface area contributed by atoms with Crippen molar-refractivity contribution in [1.82, 2.24) is 15.0 Å². The van der Waals surface area contributed by atoms with Crippen LogP contribution in [0, 0.1) is 11.3 Å². The second-order valence-corrected chi connectivity index (χ2v) is 4.55. The SMILES string of the molecule is CC(Nc1ccc(C#N)cn1)c1nc2ccccc2[nH]1. The molecule has 0 saturated carbocycles. The van der Waals surface area contributed by atoms with Gasteiger partial charge in [-0.2, -0.15) is 5.26 Å². The van der Waals surface area contributed by atoms with Crippen LogP contribution in [0.5, 0.6) is 0 Å². The predicted molar refractivity (Wildman–Crippen MR) is 77.1 cm³/mol. The van der Waals surface area contributed by atoms with E-state index in [9.17, 15) is 0 Å². The number of nitrogens with one attached hydrogen (secondary N) is 2. The number of benzene rings is 1.